The molecule has 0 heterocycles. The highest BCUT2D eigenvalue weighted by molar-refractivity contribution is 7.80. The van der Waals surface area contributed by atoms with Gasteiger partial charge in [0.2, 0.25) is 5.91 Å². The van der Waals surface area contributed by atoms with Gasteiger partial charge in [0.1, 0.15) is 5.75 Å². The highest BCUT2D eigenvalue weighted by atomic mass is 32.3. The zero-order valence-electron chi connectivity index (χ0n) is 15.6. The van der Waals surface area contributed by atoms with Crippen LogP contribution in [0.2, 0.25) is 0 Å². The molecule has 0 spiro atoms. The van der Waals surface area contributed by atoms with Gasteiger partial charge in [0.15, 0.2) is 0 Å². The molecule has 1 aromatic carbocycles. The number of rotatable bonds is 8. The van der Waals surface area contributed by atoms with E-state index in [0.29, 0.717) is 23.7 Å². The number of amides is 1. The first kappa shape index (κ1) is 24.1. The average molecular weight is 391 g/mol. The van der Waals surface area contributed by atoms with Gasteiger partial charge in [-0.25, -0.2) is 0 Å². The van der Waals surface area contributed by atoms with Crippen LogP contribution in [0.5, 0.6) is 5.75 Å². The molecule has 0 saturated carbocycles. The summed E-state index contributed by atoms with van der Waals surface area (Å²) in [6.45, 7) is 6.10. The third-order valence-electron chi connectivity index (χ3n) is 3.79. The first-order valence-electron chi connectivity index (χ1n) is 8.08. The molecular formula is C16H29N3O6S. The van der Waals surface area contributed by atoms with Crippen LogP contribution in [0.4, 0.5) is 11.4 Å². The first-order valence-corrected chi connectivity index (χ1v) is 9.44. The summed E-state index contributed by atoms with van der Waals surface area (Å²) >= 11 is 0. The number of anilines is 2. The number of nitrogens with two attached hydrogens (primary N) is 2. The number of ether oxygens (including phenoxy) is 1. The van der Waals surface area contributed by atoms with E-state index in [-0.39, 0.29) is 11.4 Å². The third kappa shape index (κ3) is 10.2. The van der Waals surface area contributed by atoms with Crippen molar-refractivity contribution in [1.82, 2.24) is 0 Å². The summed E-state index contributed by atoms with van der Waals surface area (Å²) in [5.74, 6) is 0.435. The predicted molar refractivity (Wildman–Crippen MR) is 101 cm³/mol. The normalized spacial score (nSPS) is 11.3. The fourth-order valence-corrected chi connectivity index (χ4v) is 1.92. The molecular weight excluding hydrogens is 362 g/mol. The molecule has 1 rings (SSSR count). The maximum atomic E-state index is 11.2. The summed E-state index contributed by atoms with van der Waals surface area (Å²) in [6, 6.07) is 5.17. The van der Waals surface area contributed by atoms with Gasteiger partial charge in [-0.15, -0.1) is 0 Å². The van der Waals surface area contributed by atoms with Crippen LogP contribution in [-0.2, 0) is 19.4 Å². The molecule has 6 N–H and O–H groups in total. The Balaban J connectivity index is 0.000000896. The minimum absolute atomic E-state index is 0.144. The second kappa shape index (κ2) is 11.0. The van der Waals surface area contributed by atoms with E-state index >= 15 is 0 Å². The monoisotopic (exact) mass is 391 g/mol. The van der Waals surface area contributed by atoms with E-state index in [2.05, 4.69) is 23.3 Å². The van der Waals surface area contributed by atoms with Crippen molar-refractivity contribution in [2.24, 2.45) is 5.73 Å². The number of carbonyl (C=O) groups excluding carboxylic acids is 1. The lowest BCUT2D eigenvalue weighted by atomic mass is 9.91. The average Bonchev–Trinajstić information content (AvgIpc) is 2.56. The van der Waals surface area contributed by atoms with Crippen LogP contribution in [0.3, 0.4) is 0 Å². The van der Waals surface area contributed by atoms with Crippen molar-refractivity contribution in [1.29, 1.82) is 0 Å². The quantitative estimate of drug-likeness (QED) is 0.387. The van der Waals surface area contributed by atoms with Crippen molar-refractivity contribution in [2.75, 3.05) is 24.8 Å². The Morgan fingerprint density at radius 1 is 1.31 bits per heavy atom. The second-order valence-electron chi connectivity index (χ2n) is 5.70. The van der Waals surface area contributed by atoms with Crippen LogP contribution in [0.15, 0.2) is 18.2 Å². The Kier molecular flexibility index (Phi) is 10.2. The minimum atomic E-state index is -4.16. The Morgan fingerprint density at radius 3 is 2.27 bits per heavy atom. The molecule has 1 aromatic rings. The maximum Gasteiger partial charge on any atom is 0.397 e. The molecule has 0 aliphatic heterocycles. The molecule has 0 aliphatic carbocycles. The second-order valence-corrected chi connectivity index (χ2v) is 6.89. The van der Waals surface area contributed by atoms with Gasteiger partial charge in [-0.05, 0) is 31.4 Å². The Bertz CT molecular complexity index is 675. The van der Waals surface area contributed by atoms with Gasteiger partial charge in [0, 0.05) is 24.2 Å². The first-order chi connectivity index (χ1) is 12.0. The van der Waals surface area contributed by atoms with Gasteiger partial charge in [-0.3, -0.25) is 13.5 Å². The van der Waals surface area contributed by atoms with Gasteiger partial charge in [0.05, 0.1) is 19.4 Å². The standard InChI is InChI=1S/C15H25N3O2.CH4O4S/c1-4-15(17,5-2)8-9-20-14-10-12(16)6-7-13(14)18-11(3)19;1-5-6(2,3)4/h6-7,10H,4-5,8-9,16-17H2,1-3H3,(H,18,19);1H3,(H,2,3,4). The van der Waals surface area contributed by atoms with Crippen LogP contribution < -0.4 is 21.5 Å². The van der Waals surface area contributed by atoms with Gasteiger partial charge in [0.25, 0.3) is 0 Å². The molecule has 0 aliphatic rings. The van der Waals surface area contributed by atoms with Crippen LogP contribution >= 0.6 is 0 Å². The van der Waals surface area contributed by atoms with Crippen LogP contribution in [0.1, 0.15) is 40.0 Å². The van der Waals surface area contributed by atoms with Crippen LogP contribution in [0.25, 0.3) is 0 Å². The fraction of sp³-hybridized carbons (Fsp3) is 0.562. The Hall–Kier alpha value is -1.88. The van der Waals surface area contributed by atoms with Crippen LogP contribution in [-0.4, -0.2) is 38.1 Å². The highest BCUT2D eigenvalue weighted by Crippen LogP contribution is 2.28. The molecule has 0 saturated heterocycles. The zero-order chi connectivity index (χ0) is 20.4. The van der Waals surface area contributed by atoms with E-state index in [1.165, 1.54) is 6.92 Å². The minimum Gasteiger partial charge on any atom is -0.491 e. The van der Waals surface area contributed by atoms with Crippen molar-refractivity contribution < 1.29 is 26.7 Å². The lowest BCUT2D eigenvalue weighted by Crippen LogP contribution is -2.39. The number of nitrogen functional groups attached to an aromatic ring is 1. The van der Waals surface area contributed by atoms with Crippen molar-refractivity contribution in [3.8, 4) is 5.75 Å². The smallest absolute Gasteiger partial charge is 0.397 e. The van der Waals surface area contributed by atoms with Gasteiger partial charge in [-0.2, -0.15) is 8.42 Å². The van der Waals surface area contributed by atoms with Gasteiger partial charge >= 0.3 is 10.4 Å². The lowest BCUT2D eigenvalue weighted by Gasteiger charge is -2.26. The van der Waals surface area contributed by atoms with Crippen LogP contribution in [0, 0.1) is 0 Å². The number of carbonyl (C=O) groups is 1. The van der Waals surface area contributed by atoms with E-state index in [1.807, 2.05) is 0 Å². The SMILES string of the molecule is CCC(N)(CC)CCOc1cc(N)ccc1NC(C)=O.COS(=O)(=O)O. The fourth-order valence-electron chi connectivity index (χ4n) is 1.92. The summed E-state index contributed by atoms with van der Waals surface area (Å²) in [4.78, 5) is 11.2. The summed E-state index contributed by atoms with van der Waals surface area (Å²) in [5.41, 5.74) is 13.0. The number of hydrogen-bond donors (Lipinski definition) is 4. The largest absolute Gasteiger partial charge is 0.491 e. The van der Waals surface area contributed by atoms with Crippen molar-refractivity contribution in [3.05, 3.63) is 18.2 Å². The topological polar surface area (TPSA) is 154 Å². The summed E-state index contributed by atoms with van der Waals surface area (Å²) in [7, 11) is -3.29. The number of benzene rings is 1. The molecule has 0 radical (unpaired) electrons. The Labute approximate surface area is 155 Å². The van der Waals surface area contributed by atoms with E-state index in [4.69, 9.17) is 20.8 Å². The molecule has 26 heavy (non-hydrogen) atoms. The molecule has 1 amide bonds. The van der Waals surface area contributed by atoms with E-state index < -0.39 is 10.4 Å². The molecule has 0 bridgehead atoms. The number of hydrogen-bond acceptors (Lipinski definition) is 7. The molecule has 0 unspecified atom stereocenters. The lowest BCUT2D eigenvalue weighted by molar-refractivity contribution is -0.114. The Morgan fingerprint density at radius 2 is 1.85 bits per heavy atom. The molecule has 10 heteroatoms. The molecule has 0 atom stereocenters. The zero-order valence-corrected chi connectivity index (χ0v) is 16.4. The van der Waals surface area contributed by atoms with Gasteiger partial charge < -0.3 is 21.5 Å². The van der Waals surface area contributed by atoms with Crippen molar-refractivity contribution in [3.63, 3.8) is 0 Å². The molecule has 0 fully saturated rings. The number of nitrogens with one attached hydrogen (secondary N) is 1. The molecule has 150 valence electrons. The van der Waals surface area contributed by atoms with Crippen molar-refractivity contribution >= 4 is 27.7 Å². The molecule has 0 aromatic heterocycles. The molecule has 9 nitrogen and oxygen atoms in total. The summed E-state index contributed by atoms with van der Waals surface area (Å²) < 4.78 is 35.5. The summed E-state index contributed by atoms with van der Waals surface area (Å²) in [5, 5.41) is 2.73. The van der Waals surface area contributed by atoms with E-state index in [1.54, 1.807) is 18.2 Å². The predicted octanol–water partition coefficient (Wildman–Crippen LogP) is 1.95. The summed E-state index contributed by atoms with van der Waals surface area (Å²) in [6.07, 6.45) is 2.57. The third-order valence-corrected chi connectivity index (χ3v) is 4.21. The highest BCUT2D eigenvalue weighted by Gasteiger charge is 2.20. The van der Waals surface area contributed by atoms with E-state index in [0.717, 1.165) is 26.4 Å². The van der Waals surface area contributed by atoms with Gasteiger partial charge in [-0.1, -0.05) is 13.8 Å². The van der Waals surface area contributed by atoms with Crippen molar-refractivity contribution in [2.45, 2.75) is 45.6 Å². The maximum absolute atomic E-state index is 11.2. The van der Waals surface area contributed by atoms with E-state index in [9.17, 15) is 13.2 Å².